The molecule has 1 rings (SSSR count). The van der Waals surface area contributed by atoms with Gasteiger partial charge < -0.3 is 5.32 Å². The van der Waals surface area contributed by atoms with Gasteiger partial charge in [-0.15, -0.1) is 0 Å². The van der Waals surface area contributed by atoms with Crippen molar-refractivity contribution in [1.29, 1.82) is 5.26 Å². The molecule has 0 aliphatic carbocycles. The highest BCUT2D eigenvalue weighted by Gasteiger charge is 2.15. The standard InChI is InChI=1S/C8H10N4/c1-8(2,6-9)12-7-5-10-3-4-11-7/h3-5H,1-2H3,(H,11,12). The van der Waals surface area contributed by atoms with E-state index in [2.05, 4.69) is 21.4 Å². The zero-order chi connectivity index (χ0) is 9.03. The van der Waals surface area contributed by atoms with Crippen molar-refractivity contribution >= 4 is 5.82 Å². The van der Waals surface area contributed by atoms with Crippen molar-refractivity contribution in [3.63, 3.8) is 0 Å². The second-order valence-corrected chi connectivity index (χ2v) is 2.95. The summed E-state index contributed by atoms with van der Waals surface area (Å²) in [6.07, 6.45) is 4.75. The molecular weight excluding hydrogens is 152 g/mol. The van der Waals surface area contributed by atoms with Crippen LogP contribution in [0.15, 0.2) is 18.6 Å². The van der Waals surface area contributed by atoms with Gasteiger partial charge in [0.1, 0.15) is 11.4 Å². The maximum absolute atomic E-state index is 8.69. The van der Waals surface area contributed by atoms with E-state index < -0.39 is 5.54 Å². The Balaban J connectivity index is 2.72. The largest absolute Gasteiger partial charge is 0.351 e. The molecule has 4 nitrogen and oxygen atoms in total. The predicted octanol–water partition coefficient (Wildman–Crippen LogP) is 1.19. The number of rotatable bonds is 2. The molecule has 4 heteroatoms. The topological polar surface area (TPSA) is 61.6 Å². The summed E-state index contributed by atoms with van der Waals surface area (Å²) in [4.78, 5) is 7.86. The van der Waals surface area contributed by atoms with Crippen LogP contribution in [0.1, 0.15) is 13.8 Å². The number of aromatic nitrogens is 2. The lowest BCUT2D eigenvalue weighted by molar-refractivity contribution is 0.722. The Morgan fingerprint density at radius 1 is 1.50 bits per heavy atom. The van der Waals surface area contributed by atoms with E-state index in [0.29, 0.717) is 5.82 Å². The maximum Gasteiger partial charge on any atom is 0.145 e. The van der Waals surface area contributed by atoms with Gasteiger partial charge in [-0.3, -0.25) is 4.98 Å². The zero-order valence-corrected chi connectivity index (χ0v) is 7.07. The van der Waals surface area contributed by atoms with E-state index in [1.54, 1.807) is 32.4 Å². The molecule has 1 heterocycles. The van der Waals surface area contributed by atoms with Crippen molar-refractivity contribution in [3.8, 4) is 6.07 Å². The molecule has 0 atom stereocenters. The number of nitrogens with one attached hydrogen (secondary N) is 1. The summed E-state index contributed by atoms with van der Waals surface area (Å²) in [5, 5.41) is 11.6. The first-order chi connectivity index (χ1) is 5.64. The van der Waals surface area contributed by atoms with Gasteiger partial charge in [-0.05, 0) is 13.8 Å². The van der Waals surface area contributed by atoms with Crippen molar-refractivity contribution in [2.45, 2.75) is 19.4 Å². The van der Waals surface area contributed by atoms with Crippen LogP contribution in [0.4, 0.5) is 5.82 Å². The molecule has 12 heavy (non-hydrogen) atoms. The minimum absolute atomic E-state index is 0.601. The molecular formula is C8H10N4. The van der Waals surface area contributed by atoms with Gasteiger partial charge in [0, 0.05) is 12.4 Å². The average molecular weight is 162 g/mol. The molecule has 0 saturated heterocycles. The third-order valence-corrected chi connectivity index (χ3v) is 1.28. The van der Waals surface area contributed by atoms with Crippen molar-refractivity contribution in [3.05, 3.63) is 18.6 Å². The summed E-state index contributed by atoms with van der Waals surface area (Å²) < 4.78 is 0. The fourth-order valence-corrected chi connectivity index (χ4v) is 0.712. The monoisotopic (exact) mass is 162 g/mol. The van der Waals surface area contributed by atoms with Crippen molar-refractivity contribution in [2.75, 3.05) is 5.32 Å². The van der Waals surface area contributed by atoms with Gasteiger partial charge in [0.05, 0.1) is 12.3 Å². The Hall–Kier alpha value is -1.63. The number of anilines is 1. The highest BCUT2D eigenvalue weighted by atomic mass is 15.1. The summed E-state index contributed by atoms with van der Waals surface area (Å²) >= 11 is 0. The summed E-state index contributed by atoms with van der Waals surface area (Å²) in [7, 11) is 0. The summed E-state index contributed by atoms with van der Waals surface area (Å²) in [5.74, 6) is 0.615. The molecule has 1 aromatic rings. The highest BCUT2D eigenvalue weighted by molar-refractivity contribution is 5.36. The normalized spacial score (nSPS) is 10.4. The average Bonchev–Trinajstić information content (AvgIpc) is 2.06. The zero-order valence-electron chi connectivity index (χ0n) is 7.07. The Labute approximate surface area is 71.3 Å². The molecule has 62 valence electrons. The Morgan fingerprint density at radius 2 is 2.25 bits per heavy atom. The van der Waals surface area contributed by atoms with E-state index >= 15 is 0 Å². The lowest BCUT2D eigenvalue weighted by Gasteiger charge is -2.17. The SMILES string of the molecule is CC(C)(C#N)Nc1cnccn1. The van der Waals surface area contributed by atoms with Crippen LogP contribution in [-0.4, -0.2) is 15.5 Å². The second-order valence-electron chi connectivity index (χ2n) is 2.95. The van der Waals surface area contributed by atoms with Crippen LogP contribution in [0, 0.1) is 11.3 Å². The fourth-order valence-electron chi connectivity index (χ4n) is 0.712. The Morgan fingerprint density at radius 3 is 2.75 bits per heavy atom. The van der Waals surface area contributed by atoms with Gasteiger partial charge in [0.2, 0.25) is 0 Å². The maximum atomic E-state index is 8.69. The van der Waals surface area contributed by atoms with Crippen molar-refractivity contribution in [1.82, 2.24) is 9.97 Å². The fraction of sp³-hybridized carbons (Fsp3) is 0.375. The molecule has 0 bridgehead atoms. The molecule has 0 amide bonds. The first-order valence-electron chi connectivity index (χ1n) is 3.59. The number of hydrogen-bond donors (Lipinski definition) is 1. The van der Waals surface area contributed by atoms with Gasteiger partial charge in [-0.2, -0.15) is 5.26 Å². The highest BCUT2D eigenvalue weighted by Crippen LogP contribution is 2.08. The van der Waals surface area contributed by atoms with E-state index in [0.717, 1.165) is 0 Å². The van der Waals surface area contributed by atoms with E-state index in [-0.39, 0.29) is 0 Å². The van der Waals surface area contributed by atoms with Crippen LogP contribution in [0.3, 0.4) is 0 Å². The van der Waals surface area contributed by atoms with E-state index in [9.17, 15) is 0 Å². The van der Waals surface area contributed by atoms with Crippen molar-refractivity contribution < 1.29 is 0 Å². The quantitative estimate of drug-likeness (QED) is 0.709. The minimum atomic E-state index is -0.601. The lowest BCUT2D eigenvalue weighted by Crippen LogP contribution is -2.28. The molecule has 0 aliphatic heterocycles. The van der Waals surface area contributed by atoms with Gasteiger partial charge in [-0.1, -0.05) is 0 Å². The van der Waals surface area contributed by atoms with Crippen LogP contribution in [0.5, 0.6) is 0 Å². The molecule has 0 saturated carbocycles. The Kier molecular flexibility index (Phi) is 2.24. The van der Waals surface area contributed by atoms with E-state index in [1.165, 1.54) is 0 Å². The van der Waals surface area contributed by atoms with Gasteiger partial charge in [-0.25, -0.2) is 4.98 Å². The lowest BCUT2D eigenvalue weighted by atomic mass is 10.1. The third kappa shape index (κ3) is 2.20. The van der Waals surface area contributed by atoms with Gasteiger partial charge >= 0.3 is 0 Å². The molecule has 0 radical (unpaired) electrons. The number of nitrogens with zero attached hydrogens (tertiary/aromatic N) is 3. The summed E-state index contributed by atoms with van der Waals surface area (Å²) in [6.45, 7) is 3.56. The summed E-state index contributed by atoms with van der Waals surface area (Å²) in [6, 6.07) is 2.11. The second kappa shape index (κ2) is 3.18. The van der Waals surface area contributed by atoms with E-state index in [1.807, 2.05) is 0 Å². The molecule has 0 spiro atoms. The molecule has 0 aliphatic rings. The van der Waals surface area contributed by atoms with Crippen LogP contribution < -0.4 is 5.32 Å². The van der Waals surface area contributed by atoms with Gasteiger partial charge in [0.15, 0.2) is 0 Å². The first-order valence-corrected chi connectivity index (χ1v) is 3.59. The molecule has 0 unspecified atom stereocenters. The molecule has 1 N–H and O–H groups in total. The van der Waals surface area contributed by atoms with Crippen LogP contribution in [0.25, 0.3) is 0 Å². The smallest absolute Gasteiger partial charge is 0.145 e. The number of hydrogen-bond acceptors (Lipinski definition) is 4. The van der Waals surface area contributed by atoms with Crippen LogP contribution >= 0.6 is 0 Å². The summed E-state index contributed by atoms with van der Waals surface area (Å²) in [5.41, 5.74) is -0.601. The van der Waals surface area contributed by atoms with Crippen LogP contribution in [-0.2, 0) is 0 Å². The van der Waals surface area contributed by atoms with Crippen LogP contribution in [0.2, 0.25) is 0 Å². The molecule has 0 fully saturated rings. The number of nitriles is 1. The van der Waals surface area contributed by atoms with Gasteiger partial charge in [0.25, 0.3) is 0 Å². The Bertz CT molecular complexity index is 286. The predicted molar refractivity (Wildman–Crippen MR) is 45.3 cm³/mol. The van der Waals surface area contributed by atoms with E-state index in [4.69, 9.17) is 5.26 Å². The first kappa shape index (κ1) is 8.47. The molecule has 0 aromatic carbocycles. The molecule has 1 aromatic heterocycles. The minimum Gasteiger partial charge on any atom is -0.351 e. The third-order valence-electron chi connectivity index (χ3n) is 1.28. The van der Waals surface area contributed by atoms with Crippen molar-refractivity contribution in [2.24, 2.45) is 0 Å².